The molecule has 3 heterocycles. The molecule has 25 heavy (non-hydrogen) atoms. The van der Waals surface area contributed by atoms with Crippen LogP contribution in [0.3, 0.4) is 0 Å². The van der Waals surface area contributed by atoms with E-state index in [0.717, 1.165) is 50.3 Å². The average molecular weight is 343 g/mol. The van der Waals surface area contributed by atoms with Gasteiger partial charge in [0, 0.05) is 31.5 Å². The molecule has 3 aliphatic rings. The van der Waals surface area contributed by atoms with Crippen molar-refractivity contribution in [1.29, 1.82) is 0 Å². The molecule has 0 saturated carbocycles. The van der Waals surface area contributed by atoms with E-state index < -0.39 is 0 Å². The molecule has 0 aromatic heterocycles. The summed E-state index contributed by atoms with van der Waals surface area (Å²) >= 11 is 0. The molecular formula is C19H25N3O3. The van der Waals surface area contributed by atoms with E-state index in [0.29, 0.717) is 5.92 Å². The van der Waals surface area contributed by atoms with Crippen LogP contribution < -0.4 is 10.2 Å². The number of nitrogens with one attached hydrogen (secondary N) is 1. The lowest BCUT2D eigenvalue weighted by molar-refractivity contribution is -0.135. The van der Waals surface area contributed by atoms with Crippen LogP contribution in [0.2, 0.25) is 0 Å². The summed E-state index contributed by atoms with van der Waals surface area (Å²) in [6, 6.07) is 7.99. The first kappa shape index (κ1) is 16.4. The normalized spacial score (nSPS) is 29.0. The maximum Gasteiger partial charge on any atom is 0.250 e. The summed E-state index contributed by atoms with van der Waals surface area (Å²) in [6.07, 6.45) is 6.86. The van der Waals surface area contributed by atoms with Crippen LogP contribution in [0.4, 0.5) is 0 Å². The van der Waals surface area contributed by atoms with Crippen molar-refractivity contribution in [2.45, 2.75) is 31.3 Å². The number of carbonyl (C=O) groups is 1. The molecule has 134 valence electrons. The van der Waals surface area contributed by atoms with Crippen LogP contribution >= 0.6 is 0 Å². The zero-order valence-electron chi connectivity index (χ0n) is 14.6. The third-order valence-corrected chi connectivity index (χ3v) is 5.28. The average Bonchev–Trinajstić information content (AvgIpc) is 3.10. The van der Waals surface area contributed by atoms with E-state index in [-0.39, 0.29) is 18.0 Å². The maximum atomic E-state index is 12.9. The summed E-state index contributed by atoms with van der Waals surface area (Å²) in [6.45, 7) is 2.36. The second kappa shape index (κ2) is 7.06. The number of benzene rings is 1. The molecule has 4 rings (SSSR count). The Morgan fingerprint density at radius 3 is 3.08 bits per heavy atom. The van der Waals surface area contributed by atoms with Gasteiger partial charge in [-0.15, -0.1) is 0 Å². The molecule has 6 heteroatoms. The molecule has 1 N–H and O–H groups in total. The van der Waals surface area contributed by atoms with Crippen molar-refractivity contribution in [2.75, 3.05) is 26.9 Å². The lowest BCUT2D eigenvalue weighted by Gasteiger charge is -2.34. The zero-order chi connectivity index (χ0) is 17.2. The number of hydrogen-bond donors (Lipinski definition) is 1. The van der Waals surface area contributed by atoms with Gasteiger partial charge < -0.3 is 19.4 Å². The van der Waals surface area contributed by atoms with Gasteiger partial charge in [-0.2, -0.15) is 0 Å². The number of ether oxygens (including phenoxy) is 2. The van der Waals surface area contributed by atoms with Gasteiger partial charge in [0.1, 0.15) is 11.8 Å². The van der Waals surface area contributed by atoms with Gasteiger partial charge in [0.2, 0.25) is 0 Å². The lowest BCUT2D eigenvalue weighted by atomic mass is 9.99. The first-order valence-corrected chi connectivity index (χ1v) is 8.99. The molecule has 0 radical (unpaired) electrons. The molecule has 1 amide bonds. The number of nitrogens with zero attached hydrogens (tertiary/aromatic N) is 2. The summed E-state index contributed by atoms with van der Waals surface area (Å²) in [5.74, 6) is 1.45. The van der Waals surface area contributed by atoms with Crippen LogP contribution in [0, 0.1) is 5.92 Å². The summed E-state index contributed by atoms with van der Waals surface area (Å²) in [5, 5.41) is 1.94. The molecule has 1 aromatic carbocycles. The van der Waals surface area contributed by atoms with Crippen LogP contribution in [0.1, 0.15) is 30.9 Å². The largest absolute Gasteiger partial charge is 0.497 e. The van der Waals surface area contributed by atoms with Crippen LogP contribution in [-0.4, -0.2) is 48.7 Å². The molecule has 6 nitrogen and oxygen atoms in total. The van der Waals surface area contributed by atoms with Crippen LogP contribution in [0.15, 0.2) is 36.7 Å². The van der Waals surface area contributed by atoms with Crippen molar-refractivity contribution in [3.63, 3.8) is 0 Å². The Kier molecular flexibility index (Phi) is 4.63. The van der Waals surface area contributed by atoms with Gasteiger partial charge in [0.15, 0.2) is 0 Å². The number of hydrazine groups is 1. The Hall–Kier alpha value is -2.05. The molecular weight excluding hydrogens is 318 g/mol. The molecule has 0 spiro atoms. The van der Waals surface area contributed by atoms with Crippen molar-refractivity contribution < 1.29 is 14.3 Å². The number of rotatable bonds is 4. The maximum absolute atomic E-state index is 12.9. The summed E-state index contributed by atoms with van der Waals surface area (Å²) in [7, 11) is 1.67. The monoisotopic (exact) mass is 343 g/mol. The third kappa shape index (κ3) is 3.37. The highest BCUT2D eigenvalue weighted by atomic mass is 16.5. The second-order valence-corrected chi connectivity index (χ2v) is 6.99. The highest BCUT2D eigenvalue weighted by molar-refractivity contribution is 5.84. The fourth-order valence-electron chi connectivity index (χ4n) is 3.89. The van der Waals surface area contributed by atoms with E-state index in [4.69, 9.17) is 9.47 Å². The molecule has 3 aliphatic heterocycles. The number of carbonyl (C=O) groups excluding carboxylic acids is 1. The van der Waals surface area contributed by atoms with Gasteiger partial charge in [-0.3, -0.25) is 4.79 Å². The minimum absolute atomic E-state index is 0.117. The van der Waals surface area contributed by atoms with Crippen LogP contribution in [-0.2, 0) is 9.53 Å². The summed E-state index contributed by atoms with van der Waals surface area (Å²) in [4.78, 5) is 14.8. The Morgan fingerprint density at radius 2 is 2.28 bits per heavy atom. The van der Waals surface area contributed by atoms with E-state index in [1.165, 1.54) is 0 Å². The first-order valence-electron chi connectivity index (χ1n) is 8.99. The molecule has 2 fully saturated rings. The van der Waals surface area contributed by atoms with Gasteiger partial charge in [-0.05, 0) is 37.0 Å². The lowest BCUT2D eigenvalue weighted by Crippen LogP contribution is -2.49. The van der Waals surface area contributed by atoms with E-state index in [1.807, 2.05) is 40.5 Å². The molecule has 3 unspecified atom stereocenters. The summed E-state index contributed by atoms with van der Waals surface area (Å²) in [5.41, 5.74) is 4.57. The van der Waals surface area contributed by atoms with Crippen LogP contribution in [0.5, 0.6) is 5.75 Å². The minimum Gasteiger partial charge on any atom is -0.497 e. The van der Waals surface area contributed by atoms with E-state index in [9.17, 15) is 4.79 Å². The summed E-state index contributed by atoms with van der Waals surface area (Å²) < 4.78 is 10.9. The van der Waals surface area contributed by atoms with Gasteiger partial charge in [0.05, 0.1) is 19.8 Å². The first-order chi connectivity index (χ1) is 12.2. The molecule has 3 atom stereocenters. The fourth-order valence-corrected chi connectivity index (χ4v) is 3.89. The minimum atomic E-state index is -0.147. The zero-order valence-corrected chi connectivity index (χ0v) is 14.6. The number of amides is 1. The van der Waals surface area contributed by atoms with E-state index >= 15 is 0 Å². The molecule has 0 bridgehead atoms. The van der Waals surface area contributed by atoms with Crippen molar-refractivity contribution in [3.8, 4) is 5.75 Å². The quantitative estimate of drug-likeness (QED) is 0.907. The smallest absolute Gasteiger partial charge is 0.250 e. The Balaban J connectivity index is 1.43. The Bertz CT molecular complexity index is 657. The topological polar surface area (TPSA) is 54.0 Å². The van der Waals surface area contributed by atoms with Gasteiger partial charge in [0.25, 0.3) is 5.91 Å². The van der Waals surface area contributed by atoms with Crippen molar-refractivity contribution >= 4 is 5.91 Å². The van der Waals surface area contributed by atoms with Crippen molar-refractivity contribution in [2.24, 2.45) is 5.92 Å². The number of fused-ring (bicyclic) bond motifs is 1. The van der Waals surface area contributed by atoms with Gasteiger partial charge in [-0.1, -0.05) is 12.1 Å². The molecule has 0 aliphatic carbocycles. The Labute approximate surface area is 148 Å². The number of methoxy groups -OCH3 is 1. The predicted molar refractivity (Wildman–Crippen MR) is 93.5 cm³/mol. The molecule has 1 aromatic rings. The van der Waals surface area contributed by atoms with Gasteiger partial charge >= 0.3 is 0 Å². The van der Waals surface area contributed by atoms with E-state index in [1.54, 1.807) is 7.11 Å². The third-order valence-electron chi connectivity index (χ3n) is 5.28. The van der Waals surface area contributed by atoms with Gasteiger partial charge in [-0.25, -0.2) is 5.43 Å². The van der Waals surface area contributed by atoms with Crippen molar-refractivity contribution in [3.05, 3.63) is 42.2 Å². The number of hydrogen-bond acceptors (Lipinski definition) is 5. The second-order valence-electron chi connectivity index (χ2n) is 6.99. The fraction of sp³-hybridized carbons (Fsp3) is 0.526. The SMILES string of the molecule is COc1cccc(C2CC3C(=O)N(CC4CCCOC4)C=CN3N2)c1. The highest BCUT2D eigenvalue weighted by Gasteiger charge is 2.40. The standard InChI is InChI=1S/C19H25N3O3/c1-24-16-6-2-5-15(10-16)17-11-18-19(23)21(7-8-22(18)20-17)12-14-4-3-9-25-13-14/h2,5-8,10,14,17-18,20H,3-4,9,11-13H2,1H3. The van der Waals surface area contributed by atoms with Crippen molar-refractivity contribution in [1.82, 2.24) is 15.3 Å². The Morgan fingerprint density at radius 1 is 1.36 bits per heavy atom. The van der Waals surface area contributed by atoms with Crippen LogP contribution in [0.25, 0.3) is 0 Å². The van der Waals surface area contributed by atoms with E-state index in [2.05, 4.69) is 11.5 Å². The highest BCUT2D eigenvalue weighted by Crippen LogP contribution is 2.32. The molecule has 2 saturated heterocycles. The predicted octanol–water partition coefficient (Wildman–Crippen LogP) is 2.06.